The van der Waals surface area contributed by atoms with Gasteiger partial charge in [0.25, 0.3) is 0 Å². The Balaban J connectivity index is 3.35. The molecular weight excluding hydrogens is 271 g/mol. The number of rotatable bonds is 6. The Morgan fingerprint density at radius 3 is 2.17 bits per heavy atom. The van der Waals surface area contributed by atoms with Crippen LogP contribution >= 0.6 is 23.2 Å². The average Bonchev–Trinajstić information content (AvgIpc) is 2.28. The third kappa shape index (κ3) is 2.99. The predicted molar refractivity (Wildman–Crippen MR) is 75.6 cm³/mol. The molecule has 1 aromatic rings. The third-order valence-corrected chi connectivity index (χ3v) is 3.76. The van der Waals surface area contributed by atoms with Gasteiger partial charge in [-0.1, -0.05) is 56.0 Å². The third-order valence-electron chi connectivity index (χ3n) is 3.21. The van der Waals surface area contributed by atoms with E-state index in [0.29, 0.717) is 28.5 Å². The first-order valence-corrected chi connectivity index (χ1v) is 6.92. The molecule has 0 unspecified atom stereocenters. The van der Waals surface area contributed by atoms with Gasteiger partial charge in [-0.25, -0.2) is 0 Å². The second kappa shape index (κ2) is 6.44. The maximum absolute atomic E-state index is 11.7. The molecule has 0 radical (unpaired) electrons. The first-order valence-electron chi connectivity index (χ1n) is 6.17. The number of halogens is 2. The fraction of sp³-hybridized carbons (Fsp3) is 0.500. The van der Waals surface area contributed by atoms with Crippen LogP contribution in [0.5, 0.6) is 0 Å². The summed E-state index contributed by atoms with van der Waals surface area (Å²) in [4.78, 5) is 11.7. The van der Waals surface area contributed by atoms with E-state index in [1.807, 2.05) is 13.8 Å². The highest BCUT2D eigenvalue weighted by Gasteiger charge is 2.40. The number of hydrogen-bond acceptors (Lipinski definition) is 1. The second-order valence-electron chi connectivity index (χ2n) is 4.51. The molecule has 0 aromatic heterocycles. The van der Waals surface area contributed by atoms with Crippen LogP contribution in [0.3, 0.4) is 0 Å². The fourth-order valence-electron chi connectivity index (χ4n) is 2.45. The molecule has 1 aromatic carbocycles. The molecule has 0 bridgehead atoms. The summed E-state index contributed by atoms with van der Waals surface area (Å²) in [6, 6.07) is 5.05. The van der Waals surface area contributed by atoms with Crippen molar-refractivity contribution in [1.82, 2.24) is 0 Å². The normalized spacial score (nSPS) is 11.6. The van der Waals surface area contributed by atoms with Crippen molar-refractivity contribution in [3.63, 3.8) is 0 Å². The Hall–Kier alpha value is -0.730. The molecule has 0 heterocycles. The van der Waals surface area contributed by atoms with E-state index in [1.54, 1.807) is 18.2 Å². The molecule has 1 rings (SSSR count). The summed E-state index contributed by atoms with van der Waals surface area (Å²) in [7, 11) is 0. The van der Waals surface area contributed by atoms with Gasteiger partial charge in [-0.2, -0.15) is 0 Å². The first kappa shape index (κ1) is 15.3. The molecule has 0 aliphatic rings. The zero-order valence-electron chi connectivity index (χ0n) is 10.7. The van der Waals surface area contributed by atoms with E-state index in [0.717, 1.165) is 12.8 Å². The Kier molecular flexibility index (Phi) is 5.48. The van der Waals surface area contributed by atoms with E-state index in [4.69, 9.17) is 23.2 Å². The zero-order valence-corrected chi connectivity index (χ0v) is 12.2. The summed E-state index contributed by atoms with van der Waals surface area (Å²) >= 11 is 12.1. The van der Waals surface area contributed by atoms with Gasteiger partial charge in [0.1, 0.15) is 0 Å². The van der Waals surface area contributed by atoms with Gasteiger partial charge in [-0.15, -0.1) is 0 Å². The lowest BCUT2D eigenvalue weighted by Crippen LogP contribution is -2.36. The minimum Gasteiger partial charge on any atom is -0.481 e. The van der Waals surface area contributed by atoms with Crippen molar-refractivity contribution < 1.29 is 9.90 Å². The summed E-state index contributed by atoms with van der Waals surface area (Å²) in [5.74, 6) is -0.810. The molecule has 0 saturated carbocycles. The van der Waals surface area contributed by atoms with Gasteiger partial charge in [-0.3, -0.25) is 4.79 Å². The number of carbonyl (C=O) groups is 1. The maximum atomic E-state index is 11.7. The molecule has 18 heavy (non-hydrogen) atoms. The van der Waals surface area contributed by atoms with Crippen molar-refractivity contribution in [1.29, 1.82) is 0 Å². The highest BCUT2D eigenvalue weighted by molar-refractivity contribution is 6.35. The van der Waals surface area contributed by atoms with Gasteiger partial charge in [0, 0.05) is 10.0 Å². The van der Waals surface area contributed by atoms with Gasteiger partial charge in [0.2, 0.25) is 0 Å². The molecule has 0 amide bonds. The Labute approximate surface area is 118 Å². The monoisotopic (exact) mass is 288 g/mol. The number of aliphatic carboxylic acids is 1. The summed E-state index contributed by atoms with van der Waals surface area (Å²) in [5, 5.41) is 10.6. The van der Waals surface area contributed by atoms with Crippen LogP contribution in [-0.2, 0) is 10.2 Å². The lowest BCUT2D eigenvalue weighted by Gasteiger charge is -2.30. The van der Waals surface area contributed by atoms with Crippen molar-refractivity contribution in [2.75, 3.05) is 0 Å². The minimum absolute atomic E-state index is 0.437. The van der Waals surface area contributed by atoms with E-state index < -0.39 is 11.4 Å². The van der Waals surface area contributed by atoms with Crippen LogP contribution in [0.25, 0.3) is 0 Å². The van der Waals surface area contributed by atoms with E-state index in [9.17, 15) is 9.90 Å². The largest absolute Gasteiger partial charge is 0.481 e. The molecule has 0 fully saturated rings. The number of carboxylic acids is 1. The van der Waals surface area contributed by atoms with E-state index in [1.165, 1.54) is 0 Å². The van der Waals surface area contributed by atoms with Gasteiger partial charge in [0.15, 0.2) is 0 Å². The number of carboxylic acid groups (broad SMARTS) is 1. The molecule has 0 atom stereocenters. The molecule has 0 spiro atoms. The second-order valence-corrected chi connectivity index (χ2v) is 5.36. The summed E-state index contributed by atoms with van der Waals surface area (Å²) in [6.07, 6.45) is 2.76. The van der Waals surface area contributed by atoms with Crippen LogP contribution in [-0.4, -0.2) is 11.1 Å². The molecule has 1 N–H and O–H groups in total. The van der Waals surface area contributed by atoms with Crippen LogP contribution in [0.1, 0.15) is 45.1 Å². The van der Waals surface area contributed by atoms with E-state index in [-0.39, 0.29) is 0 Å². The maximum Gasteiger partial charge on any atom is 0.314 e. The van der Waals surface area contributed by atoms with Gasteiger partial charge < -0.3 is 5.11 Å². The predicted octanol–water partition coefficient (Wildman–Crippen LogP) is 4.92. The van der Waals surface area contributed by atoms with Crippen LogP contribution in [0.15, 0.2) is 18.2 Å². The summed E-state index contributed by atoms with van der Waals surface area (Å²) in [6.45, 7) is 3.97. The Morgan fingerprint density at radius 2 is 1.78 bits per heavy atom. The smallest absolute Gasteiger partial charge is 0.314 e. The van der Waals surface area contributed by atoms with E-state index >= 15 is 0 Å². The highest BCUT2D eigenvalue weighted by atomic mass is 35.5. The van der Waals surface area contributed by atoms with Crippen molar-refractivity contribution >= 4 is 29.2 Å². The molecule has 0 saturated heterocycles. The number of benzene rings is 1. The molecule has 100 valence electrons. The van der Waals surface area contributed by atoms with Gasteiger partial charge in [-0.05, 0) is 30.5 Å². The van der Waals surface area contributed by atoms with Gasteiger partial charge in [0.05, 0.1) is 5.41 Å². The lowest BCUT2D eigenvalue weighted by atomic mass is 9.73. The fourth-order valence-corrected chi connectivity index (χ4v) is 3.04. The van der Waals surface area contributed by atoms with Gasteiger partial charge >= 0.3 is 5.97 Å². The summed E-state index contributed by atoms with van der Waals surface area (Å²) < 4.78 is 0. The minimum atomic E-state index is -0.898. The SMILES string of the molecule is CCCC(CCC)(C(=O)O)c1ccc(Cl)cc1Cl. The Morgan fingerprint density at radius 1 is 1.22 bits per heavy atom. The molecule has 0 aliphatic heterocycles. The highest BCUT2D eigenvalue weighted by Crippen LogP contribution is 2.39. The number of hydrogen-bond donors (Lipinski definition) is 1. The molecule has 2 nitrogen and oxygen atoms in total. The molecular formula is C14H18Cl2O2. The van der Waals surface area contributed by atoms with Crippen molar-refractivity contribution in [2.45, 2.75) is 44.9 Å². The van der Waals surface area contributed by atoms with Crippen LogP contribution in [0.4, 0.5) is 0 Å². The quantitative estimate of drug-likeness (QED) is 0.807. The standard InChI is InChI=1S/C14H18Cl2O2/c1-3-7-14(8-4-2,13(17)18)11-6-5-10(15)9-12(11)16/h5-6,9H,3-4,7-8H2,1-2H3,(H,17,18). The van der Waals surface area contributed by atoms with Crippen LogP contribution in [0.2, 0.25) is 10.0 Å². The average molecular weight is 289 g/mol. The van der Waals surface area contributed by atoms with Crippen LogP contribution < -0.4 is 0 Å². The summed E-state index contributed by atoms with van der Waals surface area (Å²) in [5.41, 5.74) is -0.227. The van der Waals surface area contributed by atoms with Crippen LogP contribution in [0, 0.1) is 0 Å². The molecule has 4 heteroatoms. The van der Waals surface area contributed by atoms with Crippen molar-refractivity contribution in [3.05, 3.63) is 33.8 Å². The lowest BCUT2D eigenvalue weighted by molar-refractivity contribution is -0.144. The topological polar surface area (TPSA) is 37.3 Å². The Bertz CT molecular complexity index is 424. The molecule has 0 aliphatic carbocycles. The zero-order chi connectivity index (χ0) is 13.8. The van der Waals surface area contributed by atoms with Crippen molar-refractivity contribution in [3.8, 4) is 0 Å². The van der Waals surface area contributed by atoms with E-state index in [2.05, 4.69) is 0 Å². The first-order chi connectivity index (χ1) is 8.47. The van der Waals surface area contributed by atoms with Crippen molar-refractivity contribution in [2.24, 2.45) is 0 Å².